The van der Waals surface area contributed by atoms with Gasteiger partial charge in [-0.1, -0.05) is 24.6 Å². The molecule has 2 aromatic rings. The molecule has 0 amide bonds. The van der Waals surface area contributed by atoms with Crippen LogP contribution in [0.15, 0.2) is 28.7 Å². The maximum absolute atomic E-state index is 12.0. The number of carbonyl (C=O) groups excluding carboxylic acids is 1. The van der Waals surface area contributed by atoms with E-state index in [0.29, 0.717) is 18.7 Å². The Hall–Kier alpha value is -1.61. The number of hydrogen-bond acceptors (Lipinski definition) is 3. The lowest BCUT2D eigenvalue weighted by Gasteiger charge is -1.97. The standard InChI is InChI=1S/C15H19NO2/c1-11-6-5-7-12-10-14(18-15(11)12)13(17)8-3-2-4-9-16/h5-7,10H,2-4,8-9,16H2,1H3. The zero-order chi connectivity index (χ0) is 13.0. The fraction of sp³-hybridized carbons (Fsp3) is 0.400. The van der Waals surface area contributed by atoms with E-state index in [-0.39, 0.29) is 5.78 Å². The van der Waals surface area contributed by atoms with E-state index in [1.165, 1.54) is 0 Å². The molecule has 0 radical (unpaired) electrons. The zero-order valence-corrected chi connectivity index (χ0v) is 10.7. The van der Waals surface area contributed by atoms with Gasteiger partial charge in [-0.25, -0.2) is 0 Å². The highest BCUT2D eigenvalue weighted by atomic mass is 16.3. The second kappa shape index (κ2) is 5.83. The highest BCUT2D eigenvalue weighted by Gasteiger charge is 2.12. The van der Waals surface area contributed by atoms with Crippen molar-refractivity contribution in [3.63, 3.8) is 0 Å². The van der Waals surface area contributed by atoms with Gasteiger partial charge in [-0.2, -0.15) is 0 Å². The number of rotatable bonds is 6. The molecule has 0 aliphatic rings. The molecular weight excluding hydrogens is 226 g/mol. The number of carbonyl (C=O) groups is 1. The van der Waals surface area contributed by atoms with Crippen LogP contribution in [-0.4, -0.2) is 12.3 Å². The molecule has 0 saturated heterocycles. The highest BCUT2D eigenvalue weighted by Crippen LogP contribution is 2.23. The minimum atomic E-state index is 0.0858. The lowest BCUT2D eigenvalue weighted by Crippen LogP contribution is -2.00. The van der Waals surface area contributed by atoms with Crippen LogP contribution in [-0.2, 0) is 0 Å². The molecule has 3 nitrogen and oxygen atoms in total. The molecule has 0 spiro atoms. The fourth-order valence-electron chi connectivity index (χ4n) is 2.08. The molecule has 96 valence electrons. The Kier molecular flexibility index (Phi) is 4.15. The fourth-order valence-corrected chi connectivity index (χ4v) is 2.08. The first-order valence-electron chi connectivity index (χ1n) is 6.45. The van der Waals surface area contributed by atoms with E-state index >= 15 is 0 Å². The third kappa shape index (κ3) is 2.79. The molecule has 3 heteroatoms. The summed E-state index contributed by atoms with van der Waals surface area (Å²) in [6, 6.07) is 7.77. The van der Waals surface area contributed by atoms with Gasteiger partial charge in [0.05, 0.1) is 0 Å². The number of para-hydroxylation sites is 1. The van der Waals surface area contributed by atoms with E-state index in [9.17, 15) is 4.79 Å². The summed E-state index contributed by atoms with van der Waals surface area (Å²) in [6.45, 7) is 2.68. The number of Topliss-reactive ketones (excluding diaryl/α,β-unsaturated/α-hetero) is 1. The molecule has 0 aliphatic heterocycles. The number of fused-ring (bicyclic) bond motifs is 1. The molecule has 0 unspecified atom stereocenters. The predicted molar refractivity (Wildman–Crippen MR) is 72.8 cm³/mol. The number of nitrogens with two attached hydrogens (primary N) is 1. The van der Waals surface area contributed by atoms with Crippen molar-refractivity contribution >= 4 is 16.8 Å². The van der Waals surface area contributed by atoms with Crippen LogP contribution in [0.2, 0.25) is 0 Å². The summed E-state index contributed by atoms with van der Waals surface area (Å²) < 4.78 is 5.64. The average molecular weight is 245 g/mol. The topological polar surface area (TPSA) is 56.2 Å². The monoisotopic (exact) mass is 245 g/mol. The molecule has 2 N–H and O–H groups in total. The first-order chi connectivity index (χ1) is 8.72. The Morgan fingerprint density at radius 3 is 2.83 bits per heavy atom. The van der Waals surface area contributed by atoms with E-state index < -0.39 is 0 Å². The van der Waals surface area contributed by atoms with Crippen molar-refractivity contribution in [2.75, 3.05) is 6.54 Å². The van der Waals surface area contributed by atoms with E-state index in [4.69, 9.17) is 10.2 Å². The zero-order valence-electron chi connectivity index (χ0n) is 10.7. The van der Waals surface area contributed by atoms with Crippen LogP contribution in [0, 0.1) is 6.92 Å². The summed E-state index contributed by atoms with van der Waals surface area (Å²) in [4.78, 5) is 12.0. The number of furan rings is 1. The van der Waals surface area contributed by atoms with Gasteiger partial charge in [-0.15, -0.1) is 0 Å². The van der Waals surface area contributed by atoms with Crippen molar-refractivity contribution in [1.29, 1.82) is 0 Å². The van der Waals surface area contributed by atoms with Crippen LogP contribution < -0.4 is 5.73 Å². The van der Waals surface area contributed by atoms with Crippen molar-refractivity contribution in [1.82, 2.24) is 0 Å². The largest absolute Gasteiger partial charge is 0.453 e. The summed E-state index contributed by atoms with van der Waals surface area (Å²) in [5.74, 6) is 0.565. The predicted octanol–water partition coefficient (Wildman–Crippen LogP) is 3.44. The second-order valence-electron chi connectivity index (χ2n) is 4.63. The smallest absolute Gasteiger partial charge is 0.198 e. The van der Waals surface area contributed by atoms with Gasteiger partial charge in [0.15, 0.2) is 11.5 Å². The molecule has 1 aromatic carbocycles. The van der Waals surface area contributed by atoms with Crippen LogP contribution in [0.3, 0.4) is 0 Å². The first-order valence-corrected chi connectivity index (χ1v) is 6.45. The molecular formula is C15H19NO2. The second-order valence-corrected chi connectivity index (χ2v) is 4.63. The number of ketones is 1. The molecule has 2 rings (SSSR count). The Bertz CT molecular complexity index is 542. The van der Waals surface area contributed by atoms with Gasteiger partial charge in [0, 0.05) is 11.8 Å². The summed E-state index contributed by atoms with van der Waals surface area (Å²) in [6.07, 6.45) is 3.40. The molecule has 1 aromatic heterocycles. The van der Waals surface area contributed by atoms with E-state index in [1.54, 1.807) is 0 Å². The van der Waals surface area contributed by atoms with Crippen molar-refractivity contribution in [3.05, 3.63) is 35.6 Å². The minimum absolute atomic E-state index is 0.0858. The molecule has 18 heavy (non-hydrogen) atoms. The van der Waals surface area contributed by atoms with Gasteiger partial charge in [-0.05, 0) is 37.9 Å². The van der Waals surface area contributed by atoms with Gasteiger partial charge < -0.3 is 10.2 Å². The Labute approximate surface area is 107 Å². The van der Waals surface area contributed by atoms with Gasteiger partial charge in [0.2, 0.25) is 0 Å². The maximum Gasteiger partial charge on any atom is 0.198 e. The Morgan fingerprint density at radius 1 is 1.28 bits per heavy atom. The van der Waals surface area contributed by atoms with Crippen molar-refractivity contribution in [2.45, 2.75) is 32.6 Å². The number of benzene rings is 1. The maximum atomic E-state index is 12.0. The highest BCUT2D eigenvalue weighted by molar-refractivity contribution is 5.97. The average Bonchev–Trinajstić information content (AvgIpc) is 2.80. The van der Waals surface area contributed by atoms with Crippen LogP contribution in [0.5, 0.6) is 0 Å². The van der Waals surface area contributed by atoms with E-state index in [1.807, 2.05) is 31.2 Å². The van der Waals surface area contributed by atoms with Gasteiger partial charge in [0.25, 0.3) is 0 Å². The number of hydrogen-bond donors (Lipinski definition) is 1. The number of unbranched alkanes of at least 4 members (excludes halogenated alkanes) is 2. The van der Waals surface area contributed by atoms with Crippen molar-refractivity contribution in [2.24, 2.45) is 5.73 Å². The molecule has 1 heterocycles. The first kappa shape index (κ1) is 12.8. The third-order valence-electron chi connectivity index (χ3n) is 3.12. The van der Waals surface area contributed by atoms with E-state index in [2.05, 4.69) is 0 Å². The Balaban J connectivity index is 2.06. The SMILES string of the molecule is Cc1cccc2cc(C(=O)CCCCCN)oc12. The quantitative estimate of drug-likeness (QED) is 0.626. The van der Waals surface area contributed by atoms with Crippen LogP contribution >= 0.6 is 0 Å². The molecule has 0 atom stereocenters. The molecule has 0 saturated carbocycles. The van der Waals surface area contributed by atoms with Gasteiger partial charge in [-0.3, -0.25) is 4.79 Å². The van der Waals surface area contributed by atoms with Gasteiger partial charge in [0.1, 0.15) is 5.58 Å². The van der Waals surface area contributed by atoms with Crippen molar-refractivity contribution < 1.29 is 9.21 Å². The van der Waals surface area contributed by atoms with E-state index in [0.717, 1.165) is 35.8 Å². The summed E-state index contributed by atoms with van der Waals surface area (Å²) in [5.41, 5.74) is 7.31. The van der Waals surface area contributed by atoms with Crippen LogP contribution in [0.4, 0.5) is 0 Å². The molecule has 0 aliphatic carbocycles. The molecule has 0 fully saturated rings. The molecule has 0 bridgehead atoms. The van der Waals surface area contributed by atoms with Crippen LogP contribution in [0.1, 0.15) is 41.8 Å². The normalized spacial score (nSPS) is 11.0. The van der Waals surface area contributed by atoms with Crippen molar-refractivity contribution in [3.8, 4) is 0 Å². The Morgan fingerprint density at radius 2 is 2.11 bits per heavy atom. The lowest BCUT2D eigenvalue weighted by molar-refractivity contribution is 0.0954. The minimum Gasteiger partial charge on any atom is -0.453 e. The van der Waals surface area contributed by atoms with Crippen LogP contribution in [0.25, 0.3) is 11.0 Å². The summed E-state index contributed by atoms with van der Waals surface area (Å²) in [5, 5.41) is 1.00. The number of aryl methyl sites for hydroxylation is 1. The third-order valence-corrected chi connectivity index (χ3v) is 3.12. The van der Waals surface area contributed by atoms with Gasteiger partial charge >= 0.3 is 0 Å². The lowest BCUT2D eigenvalue weighted by atomic mass is 10.1. The summed E-state index contributed by atoms with van der Waals surface area (Å²) in [7, 11) is 0. The summed E-state index contributed by atoms with van der Waals surface area (Å²) >= 11 is 0.